The molecule has 0 unspecified atom stereocenters. The Morgan fingerprint density at radius 3 is 0.985 bits per heavy atom. The molecule has 0 saturated carbocycles. The lowest BCUT2D eigenvalue weighted by molar-refractivity contribution is -0.138. The van der Waals surface area contributed by atoms with Crippen LogP contribution >= 0.6 is 0 Å². The van der Waals surface area contributed by atoms with Gasteiger partial charge in [-0.15, -0.1) is 0 Å². The van der Waals surface area contributed by atoms with E-state index in [4.69, 9.17) is 28.4 Å². The molecule has 0 bridgehead atoms. The van der Waals surface area contributed by atoms with Gasteiger partial charge in [0.15, 0.2) is 0 Å². The molecule has 2 saturated heterocycles. The monoisotopic (exact) mass is 1780 g/mol. The maximum atomic E-state index is 6.07. The van der Waals surface area contributed by atoms with E-state index in [1.165, 1.54) is 194 Å². The second kappa shape index (κ2) is 45.6. The lowest BCUT2D eigenvalue weighted by Gasteiger charge is -2.37. The molecule has 0 aromatic heterocycles. The van der Waals surface area contributed by atoms with Crippen LogP contribution in [0, 0.1) is 31.6 Å². The molecule has 9 nitrogen and oxygen atoms in total. The average Bonchev–Trinajstić information content (AvgIpc) is 1.56. The van der Waals surface area contributed by atoms with E-state index >= 15 is 0 Å². The van der Waals surface area contributed by atoms with Crippen molar-refractivity contribution in [3.63, 3.8) is 0 Å². The summed E-state index contributed by atoms with van der Waals surface area (Å²) < 4.78 is 34.3. The quantitative estimate of drug-likeness (QED) is 0.0276. The van der Waals surface area contributed by atoms with E-state index in [0.717, 1.165) is 124 Å². The Hall–Kier alpha value is -12.3. The summed E-state index contributed by atoms with van der Waals surface area (Å²) in [6.07, 6.45) is 23.4. The van der Waals surface area contributed by atoms with Gasteiger partial charge in [-0.05, 0) is 293 Å². The average molecular weight is 1780 g/mol. The first-order valence-electron chi connectivity index (χ1n) is 49.3. The van der Waals surface area contributed by atoms with Crippen molar-refractivity contribution in [1.82, 2.24) is 0 Å². The second-order valence-electron chi connectivity index (χ2n) is 38.6. The summed E-state index contributed by atoms with van der Waals surface area (Å²) in [5, 5.41) is 0. The van der Waals surface area contributed by atoms with Gasteiger partial charge in [-0.1, -0.05) is 320 Å². The van der Waals surface area contributed by atoms with E-state index in [1.54, 1.807) is 11.1 Å². The van der Waals surface area contributed by atoms with E-state index in [0.29, 0.717) is 13.2 Å². The topological polar surface area (TPSA) is 65.1 Å². The van der Waals surface area contributed by atoms with Crippen molar-refractivity contribution in [2.75, 3.05) is 102 Å². The van der Waals surface area contributed by atoms with Gasteiger partial charge in [0, 0.05) is 84.7 Å². The number of hydrogen-bond donors (Lipinski definition) is 0. The summed E-state index contributed by atoms with van der Waals surface area (Å²) in [4.78, 5) is 6.76. The van der Waals surface area contributed by atoms with Crippen LogP contribution in [-0.2, 0) is 37.2 Å². The van der Waals surface area contributed by atoms with E-state index in [9.17, 15) is 0 Å². The van der Waals surface area contributed by atoms with Crippen LogP contribution in [0.2, 0.25) is 0 Å². The van der Waals surface area contributed by atoms with Crippen LogP contribution < -0.4 is 24.2 Å². The van der Waals surface area contributed by atoms with Crippen molar-refractivity contribution < 1.29 is 28.4 Å². The van der Waals surface area contributed by atoms with Crippen LogP contribution in [0.25, 0.3) is 90.0 Å². The standard InChI is InChI=1S/C53H57N.C37H41NO3.C35H39NO3/c1-5-7-9-11-32-53(33-12-10-8-6-2)51-36-45(39-18-16-38(3)17-19-39)26-30-49(51)50-31-27-46(37-52(50)53)41-24-28-47(29-25-41)54(4)48-15-13-14-42(35-48)44-23-21-40-20-22-43(40)34-44;1-29-12-14-30(15-13-29)16-17-31-18-20-34(21-19-31)38(3)35-10-6-8-32(24-35)33-9-7-11-36(25-33)41-23-5-4-22-39-26-37(2)27-40-28-37;1-27-12-14-28(15-13-27)29-16-18-32(19-17-29)36(3)33-10-6-8-30(22-33)31-9-7-11-34(23-31)39-21-5-4-20-37-24-35(2)25-38-26-35/h13-19,21,23-31,34-37H,5-12,20,22,32-33H2,1-4H3;6-21,24-25H,4-5,22-23,26-28H2,1-3H3;6-19,22-23H,4-5,20-21,24-26H2,1-3H3/b;17-16+;. The smallest absolute Gasteiger partial charge is 0.119 e. The van der Waals surface area contributed by atoms with Gasteiger partial charge in [-0.3, -0.25) is 0 Å². The molecule has 2 aliphatic heterocycles. The highest BCUT2D eigenvalue weighted by atomic mass is 16.5. The number of anilines is 6. The maximum Gasteiger partial charge on any atom is 0.119 e. The molecule has 14 aromatic carbocycles. The predicted octanol–water partition coefficient (Wildman–Crippen LogP) is 32.2. The third-order valence-electron chi connectivity index (χ3n) is 27.6. The molecule has 0 amide bonds. The zero-order valence-corrected chi connectivity index (χ0v) is 80.9. The molecule has 2 aliphatic carbocycles. The SMILES string of the molecule is CCCCCCC1(CCCCCC)c2cc(-c3ccc(C)cc3)ccc2-c2ccc(-c3ccc(N(C)c4cccc(-c5ccc6c(c5)CC6)c4)cc3)cc21.Cc1ccc(-c2ccc(N(C)c3cccc(-c4cccc(OCCCCOCC5(C)COC5)c4)c3)cc2)cc1.Cc1ccc(/C=C/c2ccc(N(C)c3cccc(-c4cccc(OCCCCOCC5(C)COC5)c4)c3)cc2)cc1. The molecule has 18 rings (SSSR count). The minimum Gasteiger partial charge on any atom is -0.494 e. The lowest BCUT2D eigenvalue weighted by Crippen LogP contribution is -2.43. The molecule has 0 radical (unpaired) electrons. The van der Waals surface area contributed by atoms with Gasteiger partial charge in [-0.25, -0.2) is 0 Å². The Kier molecular flexibility index (Phi) is 32.3. The molecule has 2 fully saturated rings. The van der Waals surface area contributed by atoms with Crippen molar-refractivity contribution in [2.24, 2.45) is 10.8 Å². The fourth-order valence-electron chi connectivity index (χ4n) is 18.9. The zero-order chi connectivity index (χ0) is 92.6. The number of fused-ring (bicyclic) bond motifs is 4. The number of nitrogens with zero attached hydrogens (tertiary/aromatic N) is 3. The Morgan fingerprint density at radius 1 is 0.291 bits per heavy atom. The number of aryl methyl sites for hydroxylation is 5. The number of ether oxygens (including phenoxy) is 6. The molecule has 0 N–H and O–H groups in total. The minimum absolute atomic E-state index is 0.0355. The third-order valence-corrected chi connectivity index (χ3v) is 27.6. The summed E-state index contributed by atoms with van der Waals surface area (Å²) >= 11 is 0. The molecular weight excluding hydrogens is 1640 g/mol. The van der Waals surface area contributed by atoms with Crippen molar-refractivity contribution in [2.45, 2.75) is 157 Å². The number of benzene rings is 14. The second-order valence-corrected chi connectivity index (χ2v) is 38.6. The summed E-state index contributed by atoms with van der Waals surface area (Å²) in [6, 6.07) is 118. The molecular formula is C125H137N3O6. The molecule has 0 spiro atoms. The van der Waals surface area contributed by atoms with E-state index in [2.05, 4.69) is 406 Å². The Balaban J connectivity index is 0.000000149. The molecule has 4 aliphatic rings. The molecule has 14 aromatic rings. The van der Waals surface area contributed by atoms with Gasteiger partial charge >= 0.3 is 0 Å². The largest absolute Gasteiger partial charge is 0.494 e. The number of rotatable bonds is 40. The van der Waals surface area contributed by atoms with Gasteiger partial charge in [-0.2, -0.15) is 0 Å². The van der Waals surface area contributed by atoms with Crippen LogP contribution in [0.3, 0.4) is 0 Å². The highest BCUT2D eigenvalue weighted by Gasteiger charge is 2.43. The fourth-order valence-corrected chi connectivity index (χ4v) is 18.9. The predicted molar refractivity (Wildman–Crippen MR) is 565 cm³/mol. The van der Waals surface area contributed by atoms with Crippen LogP contribution in [0.15, 0.2) is 322 Å². The third kappa shape index (κ3) is 24.4. The zero-order valence-electron chi connectivity index (χ0n) is 80.9. The first-order valence-corrected chi connectivity index (χ1v) is 49.3. The molecule has 688 valence electrons. The van der Waals surface area contributed by atoms with Gasteiger partial charge in [0.1, 0.15) is 11.5 Å². The van der Waals surface area contributed by atoms with Crippen LogP contribution in [0.4, 0.5) is 34.1 Å². The van der Waals surface area contributed by atoms with Crippen molar-refractivity contribution in [1.29, 1.82) is 0 Å². The Bertz CT molecular complexity index is 6150. The summed E-state index contributed by atoms with van der Waals surface area (Å²) in [5.74, 6) is 1.80. The number of unbranched alkanes of at least 4 members (excludes halogenated alkanes) is 8. The lowest BCUT2D eigenvalue weighted by atomic mass is 9.70. The van der Waals surface area contributed by atoms with Crippen LogP contribution in [-0.4, -0.2) is 87.2 Å². The first-order chi connectivity index (χ1) is 65.4. The van der Waals surface area contributed by atoms with Crippen molar-refractivity contribution in [3.05, 3.63) is 372 Å². The highest BCUT2D eigenvalue weighted by Crippen LogP contribution is 2.56. The molecule has 2 heterocycles. The van der Waals surface area contributed by atoms with Gasteiger partial charge in [0.25, 0.3) is 0 Å². The summed E-state index contributed by atoms with van der Waals surface area (Å²) in [7, 11) is 6.41. The molecule has 134 heavy (non-hydrogen) atoms. The maximum absolute atomic E-state index is 6.07. The fraction of sp³-hybridized carbons (Fsp3) is 0.312. The summed E-state index contributed by atoms with van der Waals surface area (Å²) in [6.45, 7) is 23.2. The summed E-state index contributed by atoms with van der Waals surface area (Å²) in [5.41, 5.74) is 37.7. The molecule has 9 heteroatoms. The van der Waals surface area contributed by atoms with Crippen molar-refractivity contribution in [3.8, 4) is 89.4 Å². The van der Waals surface area contributed by atoms with Crippen molar-refractivity contribution >= 4 is 46.3 Å². The Morgan fingerprint density at radius 2 is 0.612 bits per heavy atom. The first kappa shape index (κ1) is 94.8. The van der Waals surface area contributed by atoms with Gasteiger partial charge in [0.2, 0.25) is 0 Å². The van der Waals surface area contributed by atoms with E-state index in [-0.39, 0.29) is 16.2 Å². The molecule has 0 atom stereocenters. The van der Waals surface area contributed by atoms with Crippen LogP contribution in [0.5, 0.6) is 11.5 Å². The van der Waals surface area contributed by atoms with E-state index in [1.807, 2.05) is 12.1 Å². The van der Waals surface area contributed by atoms with Gasteiger partial charge < -0.3 is 43.1 Å². The van der Waals surface area contributed by atoms with Crippen LogP contribution in [0.1, 0.15) is 168 Å². The normalized spacial score (nSPS) is 13.9. The highest BCUT2D eigenvalue weighted by molar-refractivity contribution is 5.87. The number of hydrogen-bond acceptors (Lipinski definition) is 9. The Labute approximate surface area is 799 Å². The van der Waals surface area contributed by atoms with Gasteiger partial charge in [0.05, 0.1) is 52.9 Å². The van der Waals surface area contributed by atoms with E-state index < -0.39 is 0 Å². The minimum atomic E-state index is 0.0355.